The molecule has 16 heteroatoms. The topological polar surface area (TPSA) is 192 Å². The lowest BCUT2D eigenvalue weighted by Crippen LogP contribution is -2.59. The molecule has 7 atom stereocenters. The van der Waals surface area contributed by atoms with E-state index in [1.807, 2.05) is 25.1 Å². The zero-order chi connectivity index (χ0) is 41.5. The van der Waals surface area contributed by atoms with Gasteiger partial charge in [0.2, 0.25) is 27.7 Å². The van der Waals surface area contributed by atoms with Gasteiger partial charge in [-0.05, 0) is 82.6 Å². The van der Waals surface area contributed by atoms with Crippen molar-refractivity contribution in [3.8, 4) is 17.4 Å². The molecule has 4 saturated carbocycles. The molecular weight excluding hydrogens is 779 g/mol. The fourth-order valence-corrected chi connectivity index (χ4v) is 10.9. The van der Waals surface area contributed by atoms with E-state index in [1.165, 1.54) is 11.0 Å². The molecule has 1 aromatic heterocycles. The second-order valence-electron chi connectivity index (χ2n) is 17.0. The van der Waals surface area contributed by atoms with E-state index < -0.39 is 68.7 Å². The van der Waals surface area contributed by atoms with Gasteiger partial charge in [0.05, 0.1) is 31.0 Å². The predicted molar refractivity (Wildman–Crippen MR) is 218 cm³/mol. The largest absolute Gasteiger partial charge is 0.496 e. The van der Waals surface area contributed by atoms with E-state index in [4.69, 9.17) is 23.9 Å². The van der Waals surface area contributed by atoms with Gasteiger partial charge < -0.3 is 34.5 Å². The molecule has 4 amide bonds. The third-order valence-corrected chi connectivity index (χ3v) is 14.8. The van der Waals surface area contributed by atoms with Gasteiger partial charge in [-0.1, -0.05) is 37.5 Å². The Morgan fingerprint density at radius 3 is 2.54 bits per heavy atom. The molecule has 2 aliphatic heterocycles. The molecule has 0 radical (unpaired) electrons. The second kappa shape index (κ2) is 16.7. The van der Waals surface area contributed by atoms with Crippen LogP contribution in [-0.4, -0.2) is 97.5 Å². The average Bonchev–Trinajstić information content (AvgIpc) is 4.12. The van der Waals surface area contributed by atoms with Crippen LogP contribution in [0.5, 0.6) is 17.4 Å². The number of allylic oxidation sites excluding steroid dienone is 1. The lowest BCUT2D eigenvalue weighted by Gasteiger charge is -2.35. The van der Waals surface area contributed by atoms with Crippen molar-refractivity contribution in [2.45, 2.75) is 125 Å². The Hall–Kier alpha value is -4.86. The van der Waals surface area contributed by atoms with Crippen molar-refractivity contribution in [2.24, 2.45) is 17.8 Å². The molecular formula is C43H55N5O10S. The van der Waals surface area contributed by atoms with E-state index in [9.17, 15) is 22.8 Å². The lowest BCUT2D eigenvalue weighted by molar-refractivity contribution is -0.142. The Balaban J connectivity index is 1.18. The van der Waals surface area contributed by atoms with Gasteiger partial charge in [0, 0.05) is 35.4 Å². The van der Waals surface area contributed by atoms with E-state index >= 15 is 4.79 Å². The number of aromatic nitrogens is 1. The summed E-state index contributed by atoms with van der Waals surface area (Å²) >= 11 is 0. The van der Waals surface area contributed by atoms with E-state index in [0.29, 0.717) is 73.4 Å². The monoisotopic (exact) mass is 833 g/mol. The molecule has 2 aromatic rings. The van der Waals surface area contributed by atoms with Gasteiger partial charge in [0.1, 0.15) is 41.3 Å². The molecule has 0 spiro atoms. The Bertz CT molecular complexity index is 2140. The number of hydrogen-bond acceptors (Lipinski definition) is 11. The first-order valence-electron chi connectivity index (χ1n) is 21.2. The Labute approximate surface area is 345 Å². The summed E-state index contributed by atoms with van der Waals surface area (Å²) in [4.78, 5) is 63.3. The summed E-state index contributed by atoms with van der Waals surface area (Å²) in [6, 6.07) is 3.35. The minimum Gasteiger partial charge on any atom is -0.496 e. The van der Waals surface area contributed by atoms with Crippen molar-refractivity contribution in [1.82, 2.24) is 25.2 Å². The maximum Gasteiger partial charge on any atom is 0.408 e. The molecule has 15 nitrogen and oxygen atoms in total. The summed E-state index contributed by atoms with van der Waals surface area (Å²) < 4.78 is 52.3. The number of methoxy groups -OCH3 is 1. The highest BCUT2D eigenvalue weighted by Crippen LogP contribution is 2.46. The molecule has 318 valence electrons. The summed E-state index contributed by atoms with van der Waals surface area (Å²) in [5.74, 6) is -1.18. The molecule has 4 bridgehead atoms. The van der Waals surface area contributed by atoms with Gasteiger partial charge in [-0.15, -0.1) is 6.58 Å². The van der Waals surface area contributed by atoms with Crippen molar-refractivity contribution in [3.05, 3.63) is 42.5 Å². The SMILES string of the molecule is C=C[C@H]1C[C@@]1(NC(=O)[C@@H]1C[C@@H]2CN1C(=O)[C@H](C1CCCCC1)NC(=O)O[C@H]1CCC[C@@H]1C/C=C/c1cc3c(cc(OCC)nc3cc1OC)O2)C(=O)NS(=O)(=O)C1CC1. The molecule has 6 aliphatic rings. The van der Waals surface area contributed by atoms with Crippen molar-refractivity contribution >= 4 is 50.8 Å². The number of carbonyl (C=O) groups excluding carboxylic acids is 4. The number of nitrogens with zero attached hydrogens (tertiary/aromatic N) is 2. The smallest absolute Gasteiger partial charge is 0.408 e. The lowest BCUT2D eigenvalue weighted by atomic mass is 9.83. The number of ether oxygens (including phenoxy) is 4. The van der Waals surface area contributed by atoms with E-state index in [0.717, 1.165) is 37.7 Å². The molecule has 8 rings (SSSR count). The van der Waals surface area contributed by atoms with Crippen LogP contribution in [0.4, 0.5) is 4.79 Å². The third-order valence-electron chi connectivity index (χ3n) is 13.0. The predicted octanol–water partition coefficient (Wildman–Crippen LogP) is 4.92. The quantitative estimate of drug-likeness (QED) is 0.276. The zero-order valence-electron chi connectivity index (χ0n) is 33.8. The fraction of sp³-hybridized carbons (Fsp3) is 0.605. The minimum atomic E-state index is -3.91. The van der Waals surface area contributed by atoms with Crippen molar-refractivity contribution in [1.29, 1.82) is 0 Å². The van der Waals surface area contributed by atoms with Gasteiger partial charge in [0.15, 0.2) is 0 Å². The third kappa shape index (κ3) is 8.46. The molecule has 59 heavy (non-hydrogen) atoms. The van der Waals surface area contributed by atoms with Crippen molar-refractivity contribution in [3.63, 3.8) is 0 Å². The van der Waals surface area contributed by atoms with Gasteiger partial charge in [0.25, 0.3) is 5.91 Å². The molecule has 1 saturated heterocycles. The number of nitrogens with one attached hydrogen (secondary N) is 3. The molecule has 1 aromatic carbocycles. The molecule has 5 fully saturated rings. The van der Waals surface area contributed by atoms with Crippen LogP contribution >= 0.6 is 0 Å². The van der Waals surface area contributed by atoms with Crippen LogP contribution in [0.15, 0.2) is 36.9 Å². The first kappa shape index (κ1) is 40.9. The van der Waals surface area contributed by atoms with E-state index in [2.05, 4.69) is 28.0 Å². The summed E-state index contributed by atoms with van der Waals surface area (Å²) in [5.41, 5.74) is -0.202. The molecule has 0 unspecified atom stereocenters. The Kier molecular flexibility index (Phi) is 11.5. The zero-order valence-corrected chi connectivity index (χ0v) is 34.6. The average molecular weight is 834 g/mol. The van der Waals surface area contributed by atoms with E-state index in [-0.39, 0.29) is 37.3 Å². The fourth-order valence-electron chi connectivity index (χ4n) is 9.54. The first-order valence-corrected chi connectivity index (χ1v) is 22.7. The van der Waals surface area contributed by atoms with Crippen LogP contribution < -0.4 is 29.6 Å². The van der Waals surface area contributed by atoms with Crippen LogP contribution in [0.2, 0.25) is 0 Å². The van der Waals surface area contributed by atoms with Crippen LogP contribution in [0.3, 0.4) is 0 Å². The van der Waals surface area contributed by atoms with Gasteiger partial charge in [-0.3, -0.25) is 19.1 Å². The summed E-state index contributed by atoms with van der Waals surface area (Å²) in [7, 11) is -2.32. The van der Waals surface area contributed by atoms with Gasteiger partial charge in [-0.2, -0.15) is 0 Å². The number of fused-ring (bicyclic) bond motifs is 4. The highest BCUT2D eigenvalue weighted by Gasteiger charge is 2.62. The normalized spacial score (nSPS) is 30.5. The maximum absolute atomic E-state index is 15.0. The Morgan fingerprint density at radius 1 is 1.05 bits per heavy atom. The van der Waals surface area contributed by atoms with Gasteiger partial charge >= 0.3 is 6.09 Å². The molecule has 3 heterocycles. The minimum absolute atomic E-state index is 0.0155. The number of carbonyl (C=O) groups is 4. The summed E-state index contributed by atoms with van der Waals surface area (Å²) in [6.07, 6.45) is 12.4. The number of amides is 4. The summed E-state index contributed by atoms with van der Waals surface area (Å²) in [5, 5.41) is 5.86. The second-order valence-corrected chi connectivity index (χ2v) is 18.9. The number of pyridine rings is 1. The molecule has 4 aliphatic carbocycles. The highest BCUT2D eigenvalue weighted by atomic mass is 32.2. The van der Waals surface area contributed by atoms with Crippen LogP contribution in [0.25, 0.3) is 17.0 Å². The van der Waals surface area contributed by atoms with Crippen molar-refractivity contribution in [2.75, 3.05) is 20.3 Å². The number of rotatable bonds is 10. The van der Waals surface area contributed by atoms with Gasteiger partial charge in [-0.25, -0.2) is 18.2 Å². The van der Waals surface area contributed by atoms with Crippen LogP contribution in [0.1, 0.15) is 96.0 Å². The highest BCUT2D eigenvalue weighted by molar-refractivity contribution is 7.91. The number of sulfonamides is 1. The number of alkyl carbamates (subject to hydrolysis) is 1. The first-order chi connectivity index (χ1) is 28.4. The molecule has 3 N–H and O–H groups in total. The Morgan fingerprint density at radius 2 is 1.83 bits per heavy atom. The van der Waals surface area contributed by atoms with Crippen LogP contribution in [-0.2, 0) is 29.1 Å². The van der Waals surface area contributed by atoms with E-state index in [1.54, 1.807) is 13.2 Å². The number of hydrogen-bond donors (Lipinski definition) is 3. The summed E-state index contributed by atoms with van der Waals surface area (Å²) in [6.45, 7) is 6.01. The van der Waals surface area contributed by atoms with Crippen molar-refractivity contribution < 1.29 is 46.5 Å². The van der Waals surface area contributed by atoms with Crippen LogP contribution in [0, 0.1) is 17.8 Å². The number of benzene rings is 1. The standard InChI is InChI=1S/C43H55N5O10S/c1-4-28-23-43(28,41(51)47-59(53,54)30-17-18-30)46-39(49)33-20-29-24-48(33)40(50)38(26-11-7-6-8-12-26)45-42(52)58-34-16-10-14-25(34)13-9-15-27-19-31-32(21-35(27)55-3)44-37(56-5-2)22-36(31)57-29/h4,9,15,19,21-22,25-26,28-30,33-34,38H,1,5-8,10-14,16-18,20,23-24H2,2-3H3,(H,45,52)(H,46,49)(H,47,51)/b15-9+/t25-,28-,29+,33-,34-,38-,43-/m0/s1. The maximum atomic E-state index is 15.0.